The third-order valence-electron chi connectivity index (χ3n) is 4.63. The number of amides is 1. The van der Waals surface area contributed by atoms with E-state index in [1.165, 1.54) is 44.6 Å². The van der Waals surface area contributed by atoms with E-state index in [-0.39, 0.29) is 16.6 Å². The fourth-order valence-corrected chi connectivity index (χ4v) is 3.87. The Kier molecular flexibility index (Phi) is 6.25. The molecular weight excluding hydrogens is 380 g/mol. The summed E-state index contributed by atoms with van der Waals surface area (Å²) in [5.74, 6) is -0.298. The fraction of sp³-hybridized carbons (Fsp3) is 0.421. The highest BCUT2D eigenvalue weighted by Gasteiger charge is 2.19. The minimum Gasteiger partial charge on any atom is -0.348 e. The largest absolute Gasteiger partial charge is 0.348 e. The van der Waals surface area contributed by atoms with Crippen LogP contribution >= 0.6 is 0 Å². The summed E-state index contributed by atoms with van der Waals surface area (Å²) in [6.45, 7) is 0.527. The van der Waals surface area contributed by atoms with Gasteiger partial charge < -0.3 is 9.84 Å². The Balaban J connectivity index is 1.61. The van der Waals surface area contributed by atoms with Gasteiger partial charge in [0.15, 0.2) is 0 Å². The Morgan fingerprint density at radius 2 is 1.96 bits per heavy atom. The van der Waals surface area contributed by atoms with Crippen LogP contribution in [-0.4, -0.2) is 49.4 Å². The molecule has 8 nitrogen and oxygen atoms in total. The molecular formula is C19H24N4O4S. The summed E-state index contributed by atoms with van der Waals surface area (Å²) in [5, 5.41) is 6.61. The van der Waals surface area contributed by atoms with E-state index in [9.17, 15) is 13.2 Å². The van der Waals surface area contributed by atoms with Crippen molar-refractivity contribution in [3.8, 4) is 11.4 Å². The van der Waals surface area contributed by atoms with Crippen LogP contribution in [0.2, 0.25) is 0 Å². The van der Waals surface area contributed by atoms with Crippen LogP contribution in [0.25, 0.3) is 11.4 Å². The highest BCUT2D eigenvalue weighted by Crippen LogP contribution is 2.21. The maximum atomic E-state index is 12.2. The van der Waals surface area contributed by atoms with Crippen molar-refractivity contribution in [1.29, 1.82) is 0 Å². The predicted molar refractivity (Wildman–Crippen MR) is 104 cm³/mol. The Morgan fingerprint density at radius 3 is 2.61 bits per heavy atom. The summed E-state index contributed by atoms with van der Waals surface area (Å²) in [4.78, 5) is 16.5. The summed E-state index contributed by atoms with van der Waals surface area (Å²) in [5.41, 5.74) is 1.94. The van der Waals surface area contributed by atoms with Crippen molar-refractivity contribution in [3.63, 3.8) is 0 Å². The summed E-state index contributed by atoms with van der Waals surface area (Å²) >= 11 is 0. The smallest absolute Gasteiger partial charge is 0.316 e. The second kappa shape index (κ2) is 8.66. The number of allylic oxidation sites excluding steroid dienone is 1. The molecule has 1 aromatic carbocycles. The van der Waals surface area contributed by atoms with Crippen molar-refractivity contribution in [2.75, 3.05) is 20.6 Å². The number of hydrogen-bond donors (Lipinski definition) is 1. The first-order chi connectivity index (χ1) is 13.4. The van der Waals surface area contributed by atoms with Gasteiger partial charge in [-0.15, -0.1) is 0 Å². The van der Waals surface area contributed by atoms with Crippen LogP contribution in [0, 0.1) is 0 Å². The molecule has 0 radical (unpaired) electrons. The van der Waals surface area contributed by atoms with E-state index < -0.39 is 15.9 Å². The number of aromatic nitrogens is 2. The van der Waals surface area contributed by atoms with E-state index in [0.717, 1.165) is 23.6 Å². The van der Waals surface area contributed by atoms with Crippen molar-refractivity contribution in [1.82, 2.24) is 19.8 Å². The van der Waals surface area contributed by atoms with Crippen molar-refractivity contribution in [2.45, 2.75) is 37.0 Å². The Labute approximate surface area is 164 Å². The molecule has 1 aromatic heterocycles. The topological polar surface area (TPSA) is 105 Å². The van der Waals surface area contributed by atoms with Crippen molar-refractivity contribution < 1.29 is 17.7 Å². The molecule has 2 aromatic rings. The van der Waals surface area contributed by atoms with Crippen molar-refractivity contribution in [2.24, 2.45) is 0 Å². The molecule has 0 unspecified atom stereocenters. The monoisotopic (exact) mass is 404 g/mol. The number of sulfonamides is 1. The lowest BCUT2D eigenvalue weighted by molar-refractivity contribution is 0.0910. The van der Waals surface area contributed by atoms with Crippen LogP contribution < -0.4 is 5.32 Å². The predicted octanol–water partition coefficient (Wildman–Crippen LogP) is 2.61. The molecule has 3 rings (SSSR count). The zero-order valence-corrected chi connectivity index (χ0v) is 16.8. The Bertz CT molecular complexity index is 962. The van der Waals surface area contributed by atoms with Crippen LogP contribution in [-0.2, 0) is 10.0 Å². The van der Waals surface area contributed by atoms with Crippen LogP contribution in [0.1, 0.15) is 42.8 Å². The second-order valence-electron chi connectivity index (χ2n) is 6.85. The number of benzene rings is 1. The fourth-order valence-electron chi connectivity index (χ4n) is 2.96. The molecule has 1 amide bonds. The van der Waals surface area contributed by atoms with Gasteiger partial charge in [-0.3, -0.25) is 4.79 Å². The second-order valence-corrected chi connectivity index (χ2v) is 9.00. The normalized spacial score (nSPS) is 14.8. The first kappa shape index (κ1) is 20.2. The van der Waals surface area contributed by atoms with Gasteiger partial charge in [0, 0.05) is 26.2 Å². The maximum absolute atomic E-state index is 12.2. The van der Waals surface area contributed by atoms with Gasteiger partial charge >= 0.3 is 11.8 Å². The van der Waals surface area contributed by atoms with E-state index in [4.69, 9.17) is 4.52 Å². The molecule has 9 heteroatoms. The third-order valence-corrected chi connectivity index (χ3v) is 6.46. The maximum Gasteiger partial charge on any atom is 0.316 e. The zero-order valence-electron chi connectivity index (χ0n) is 16.0. The van der Waals surface area contributed by atoms with Gasteiger partial charge in [-0.1, -0.05) is 16.8 Å². The van der Waals surface area contributed by atoms with Crippen LogP contribution in [0.3, 0.4) is 0 Å². The summed E-state index contributed by atoms with van der Waals surface area (Å²) in [6, 6.07) is 6.11. The minimum atomic E-state index is -3.50. The number of nitrogens with one attached hydrogen (secondary N) is 1. The van der Waals surface area contributed by atoms with Gasteiger partial charge in [0.25, 0.3) is 0 Å². The molecule has 1 N–H and O–H groups in total. The van der Waals surface area contributed by atoms with Gasteiger partial charge in [0.1, 0.15) is 0 Å². The number of hydrogen-bond acceptors (Lipinski definition) is 6. The molecule has 0 spiro atoms. The van der Waals surface area contributed by atoms with E-state index in [0.29, 0.717) is 12.1 Å². The Hall–Kier alpha value is -2.52. The first-order valence-corrected chi connectivity index (χ1v) is 10.6. The van der Waals surface area contributed by atoms with Gasteiger partial charge in [-0.2, -0.15) is 4.98 Å². The van der Waals surface area contributed by atoms with Gasteiger partial charge in [-0.25, -0.2) is 12.7 Å². The molecule has 0 aliphatic heterocycles. The molecule has 1 heterocycles. The molecule has 0 atom stereocenters. The number of carbonyl (C=O) groups excluding carboxylic acids is 1. The standard InChI is InChI=1S/C19H24N4O4S/c1-23(2)28(25,26)16-10-8-15(9-11-16)17-21-19(27-22-17)18(24)20-13-12-14-6-4-3-5-7-14/h6,8-11H,3-5,7,12-13H2,1-2H3,(H,20,24). The lowest BCUT2D eigenvalue weighted by atomic mass is 9.97. The summed E-state index contributed by atoms with van der Waals surface area (Å²) in [6.07, 6.45) is 7.74. The van der Waals surface area contributed by atoms with E-state index in [2.05, 4.69) is 21.5 Å². The molecule has 0 bridgehead atoms. The minimum absolute atomic E-state index is 0.113. The lowest BCUT2D eigenvalue weighted by Gasteiger charge is -2.12. The van der Waals surface area contributed by atoms with Gasteiger partial charge in [0.05, 0.1) is 4.90 Å². The average molecular weight is 404 g/mol. The Morgan fingerprint density at radius 1 is 1.21 bits per heavy atom. The van der Waals surface area contributed by atoms with Gasteiger partial charge in [-0.05, 0) is 56.4 Å². The van der Waals surface area contributed by atoms with Crippen molar-refractivity contribution in [3.05, 3.63) is 41.8 Å². The molecule has 0 saturated carbocycles. The van der Waals surface area contributed by atoms with Gasteiger partial charge in [0.2, 0.25) is 15.8 Å². The number of rotatable bonds is 7. The molecule has 1 aliphatic carbocycles. The SMILES string of the molecule is CN(C)S(=O)(=O)c1ccc(-c2noc(C(=O)NCCC3=CCCCC3)n2)cc1. The summed E-state index contributed by atoms with van der Waals surface area (Å²) in [7, 11) is -0.563. The number of nitrogens with zero attached hydrogens (tertiary/aromatic N) is 3. The van der Waals surface area contributed by atoms with Crippen molar-refractivity contribution >= 4 is 15.9 Å². The van der Waals surface area contributed by atoms with Crippen LogP contribution in [0.5, 0.6) is 0 Å². The highest BCUT2D eigenvalue weighted by molar-refractivity contribution is 7.89. The molecule has 28 heavy (non-hydrogen) atoms. The number of carbonyl (C=O) groups is 1. The summed E-state index contributed by atoms with van der Waals surface area (Å²) < 4.78 is 30.4. The quantitative estimate of drug-likeness (QED) is 0.711. The average Bonchev–Trinajstić information content (AvgIpc) is 3.19. The van der Waals surface area contributed by atoms with Crippen LogP contribution in [0.15, 0.2) is 45.3 Å². The molecule has 0 saturated heterocycles. The van der Waals surface area contributed by atoms with Crippen LogP contribution in [0.4, 0.5) is 0 Å². The third kappa shape index (κ3) is 4.66. The van der Waals surface area contributed by atoms with E-state index in [1.807, 2.05) is 0 Å². The van der Waals surface area contributed by atoms with E-state index in [1.54, 1.807) is 12.1 Å². The highest BCUT2D eigenvalue weighted by atomic mass is 32.2. The molecule has 150 valence electrons. The zero-order chi connectivity index (χ0) is 20.1. The molecule has 0 fully saturated rings. The lowest BCUT2D eigenvalue weighted by Crippen LogP contribution is -2.25. The first-order valence-electron chi connectivity index (χ1n) is 9.21. The van der Waals surface area contributed by atoms with E-state index >= 15 is 0 Å². The molecule has 1 aliphatic rings.